The molecule has 2 rings (SSSR count). The highest BCUT2D eigenvalue weighted by Crippen LogP contribution is 2.35. The first-order valence-electron chi connectivity index (χ1n) is 6.96. The lowest BCUT2D eigenvalue weighted by Crippen LogP contribution is -2.49. The molecule has 5 nitrogen and oxygen atoms in total. The second-order valence-corrected chi connectivity index (χ2v) is 5.55. The first kappa shape index (κ1) is 15.1. The van der Waals surface area contributed by atoms with Crippen LogP contribution in [0.5, 0.6) is 0 Å². The zero-order valence-corrected chi connectivity index (χ0v) is 12.6. The summed E-state index contributed by atoms with van der Waals surface area (Å²) < 4.78 is 0. The Balaban J connectivity index is 2.15. The third-order valence-electron chi connectivity index (χ3n) is 4.02. The van der Waals surface area contributed by atoms with E-state index in [1.54, 1.807) is 18.2 Å². The Morgan fingerprint density at radius 3 is 2.55 bits per heavy atom. The van der Waals surface area contributed by atoms with Crippen LogP contribution in [0.3, 0.4) is 0 Å². The van der Waals surface area contributed by atoms with Crippen molar-refractivity contribution in [3.63, 3.8) is 0 Å². The predicted molar refractivity (Wildman–Crippen MR) is 81.6 cm³/mol. The van der Waals surface area contributed by atoms with Crippen LogP contribution in [0, 0.1) is 10.1 Å². The minimum atomic E-state index is -0.390. The number of halogens is 1. The number of hydrogen-bond acceptors (Lipinski definition) is 4. The lowest BCUT2D eigenvalue weighted by atomic mass is 10.1. The number of piperazine rings is 1. The minimum absolute atomic E-state index is 0.0196. The monoisotopic (exact) mass is 297 g/mol. The van der Waals surface area contributed by atoms with E-state index in [4.69, 9.17) is 11.6 Å². The molecule has 1 aromatic rings. The Labute approximate surface area is 124 Å². The summed E-state index contributed by atoms with van der Waals surface area (Å²) in [5.41, 5.74) is 0.650. The molecule has 1 aliphatic heterocycles. The normalized spacial score (nSPS) is 18.1. The van der Waals surface area contributed by atoms with Gasteiger partial charge in [-0.3, -0.25) is 15.0 Å². The minimum Gasteiger partial charge on any atom is -0.363 e. The lowest BCUT2D eigenvalue weighted by molar-refractivity contribution is -0.384. The smallest absolute Gasteiger partial charge is 0.310 e. The summed E-state index contributed by atoms with van der Waals surface area (Å²) in [6.07, 6.45) is 1.12. The average molecular weight is 298 g/mol. The molecule has 0 aliphatic carbocycles. The van der Waals surface area contributed by atoms with Crippen LogP contribution in [0.2, 0.25) is 5.02 Å². The standard InChI is InChI=1S/C14H20ClN3O2/c1-3-11(2)16-7-9-17(10-8-16)13-6-4-5-12(15)14(13)18(19)20/h4-6,11H,3,7-10H2,1-2H3. The van der Waals surface area contributed by atoms with Crippen molar-refractivity contribution in [1.82, 2.24) is 4.90 Å². The van der Waals surface area contributed by atoms with Gasteiger partial charge < -0.3 is 4.90 Å². The van der Waals surface area contributed by atoms with Crippen molar-refractivity contribution in [2.45, 2.75) is 26.3 Å². The third kappa shape index (κ3) is 3.04. The molecule has 0 bridgehead atoms. The van der Waals surface area contributed by atoms with Crippen molar-refractivity contribution in [3.05, 3.63) is 33.3 Å². The fourth-order valence-electron chi connectivity index (χ4n) is 2.60. The molecule has 0 amide bonds. The summed E-state index contributed by atoms with van der Waals surface area (Å²) in [4.78, 5) is 15.3. The van der Waals surface area contributed by atoms with Crippen LogP contribution in [-0.4, -0.2) is 42.0 Å². The lowest BCUT2D eigenvalue weighted by Gasteiger charge is -2.38. The van der Waals surface area contributed by atoms with Crippen molar-refractivity contribution in [2.75, 3.05) is 31.1 Å². The van der Waals surface area contributed by atoms with Crippen molar-refractivity contribution in [3.8, 4) is 0 Å². The quantitative estimate of drug-likeness (QED) is 0.633. The van der Waals surface area contributed by atoms with Crippen LogP contribution in [-0.2, 0) is 0 Å². The molecule has 110 valence electrons. The van der Waals surface area contributed by atoms with Crippen LogP contribution >= 0.6 is 11.6 Å². The Morgan fingerprint density at radius 1 is 1.35 bits per heavy atom. The Bertz CT molecular complexity index is 487. The van der Waals surface area contributed by atoms with Crippen LogP contribution in [0.1, 0.15) is 20.3 Å². The van der Waals surface area contributed by atoms with Crippen molar-refractivity contribution < 1.29 is 4.92 Å². The molecule has 1 saturated heterocycles. The second kappa shape index (κ2) is 6.41. The van der Waals surface area contributed by atoms with Crippen LogP contribution in [0.4, 0.5) is 11.4 Å². The molecule has 1 unspecified atom stereocenters. The summed E-state index contributed by atoms with van der Waals surface area (Å²) in [6.45, 7) is 7.85. The van der Waals surface area contributed by atoms with Crippen molar-refractivity contribution in [1.29, 1.82) is 0 Å². The largest absolute Gasteiger partial charge is 0.363 e. The number of rotatable bonds is 4. The van der Waals surface area contributed by atoms with E-state index in [9.17, 15) is 10.1 Å². The maximum Gasteiger partial charge on any atom is 0.310 e. The summed E-state index contributed by atoms with van der Waals surface area (Å²) in [6, 6.07) is 5.68. The summed E-state index contributed by atoms with van der Waals surface area (Å²) in [5.74, 6) is 0. The van der Waals surface area contributed by atoms with Gasteiger partial charge in [-0.25, -0.2) is 0 Å². The molecule has 1 heterocycles. The van der Waals surface area contributed by atoms with E-state index in [2.05, 4.69) is 23.6 Å². The van der Waals surface area contributed by atoms with Gasteiger partial charge in [-0.2, -0.15) is 0 Å². The number of nitro groups is 1. The number of benzene rings is 1. The molecule has 1 aliphatic rings. The van der Waals surface area contributed by atoms with Crippen LogP contribution in [0.25, 0.3) is 0 Å². The van der Waals surface area contributed by atoms with Gasteiger partial charge in [-0.15, -0.1) is 0 Å². The highest BCUT2D eigenvalue weighted by molar-refractivity contribution is 6.33. The van der Waals surface area contributed by atoms with E-state index in [0.717, 1.165) is 32.6 Å². The molecule has 0 radical (unpaired) electrons. The molecule has 1 aromatic carbocycles. The maximum absolute atomic E-state index is 11.2. The van der Waals surface area contributed by atoms with Crippen molar-refractivity contribution in [2.24, 2.45) is 0 Å². The fourth-order valence-corrected chi connectivity index (χ4v) is 2.84. The molecule has 0 saturated carbocycles. The Hall–Kier alpha value is -1.33. The van der Waals surface area contributed by atoms with Crippen LogP contribution in [0.15, 0.2) is 18.2 Å². The number of nitro benzene ring substituents is 1. The number of anilines is 1. The SMILES string of the molecule is CCC(C)N1CCN(c2cccc(Cl)c2[N+](=O)[O-])CC1. The fraction of sp³-hybridized carbons (Fsp3) is 0.571. The molecule has 0 spiro atoms. The van der Waals surface area contributed by atoms with Gasteiger partial charge in [-0.05, 0) is 25.5 Å². The highest BCUT2D eigenvalue weighted by Gasteiger charge is 2.26. The van der Waals surface area contributed by atoms with Gasteiger partial charge in [0.1, 0.15) is 10.7 Å². The van der Waals surface area contributed by atoms with Gasteiger partial charge in [-0.1, -0.05) is 24.6 Å². The van der Waals surface area contributed by atoms with Gasteiger partial charge in [0.05, 0.1) is 4.92 Å². The first-order valence-corrected chi connectivity index (χ1v) is 7.34. The summed E-state index contributed by atoms with van der Waals surface area (Å²) >= 11 is 5.97. The Kier molecular flexibility index (Phi) is 4.83. The molecule has 20 heavy (non-hydrogen) atoms. The van der Waals surface area contributed by atoms with Gasteiger partial charge in [0.2, 0.25) is 0 Å². The molecule has 6 heteroatoms. The molecular formula is C14H20ClN3O2. The predicted octanol–water partition coefficient (Wildman–Crippen LogP) is 3.17. The van der Waals surface area contributed by atoms with E-state index >= 15 is 0 Å². The molecule has 0 N–H and O–H groups in total. The van der Waals surface area contributed by atoms with Gasteiger partial charge >= 0.3 is 5.69 Å². The van der Waals surface area contributed by atoms with Gasteiger partial charge in [0, 0.05) is 32.2 Å². The van der Waals surface area contributed by atoms with E-state index < -0.39 is 4.92 Å². The van der Waals surface area contributed by atoms with Crippen molar-refractivity contribution >= 4 is 23.0 Å². The zero-order chi connectivity index (χ0) is 14.7. The van der Waals surface area contributed by atoms with E-state index in [0.29, 0.717) is 11.7 Å². The molecule has 1 atom stereocenters. The molecule has 1 fully saturated rings. The van der Waals surface area contributed by atoms with E-state index in [1.165, 1.54) is 0 Å². The third-order valence-corrected chi connectivity index (χ3v) is 4.32. The highest BCUT2D eigenvalue weighted by atomic mass is 35.5. The number of nitrogens with zero attached hydrogens (tertiary/aromatic N) is 3. The topological polar surface area (TPSA) is 49.6 Å². The first-order chi connectivity index (χ1) is 9.54. The van der Waals surface area contributed by atoms with Gasteiger partial charge in [0.15, 0.2) is 0 Å². The molecule has 0 aromatic heterocycles. The van der Waals surface area contributed by atoms with Crippen LogP contribution < -0.4 is 4.90 Å². The molecular weight excluding hydrogens is 278 g/mol. The van der Waals surface area contributed by atoms with E-state index in [-0.39, 0.29) is 10.7 Å². The summed E-state index contributed by atoms with van der Waals surface area (Å²) in [5, 5.41) is 11.4. The second-order valence-electron chi connectivity index (χ2n) is 5.14. The van der Waals surface area contributed by atoms with E-state index in [1.807, 2.05) is 0 Å². The maximum atomic E-state index is 11.2. The average Bonchev–Trinajstić information content (AvgIpc) is 2.46. The zero-order valence-electron chi connectivity index (χ0n) is 11.9. The number of para-hydroxylation sites is 1. The Morgan fingerprint density at radius 2 is 2.00 bits per heavy atom. The van der Waals surface area contributed by atoms with Gasteiger partial charge in [0.25, 0.3) is 0 Å². The number of hydrogen-bond donors (Lipinski definition) is 0. The summed E-state index contributed by atoms with van der Waals surface area (Å²) in [7, 11) is 0.